The highest BCUT2D eigenvalue weighted by molar-refractivity contribution is 6.36. The highest BCUT2D eigenvalue weighted by Crippen LogP contribution is 2.37. The number of hydrogen-bond acceptors (Lipinski definition) is 4. The summed E-state index contributed by atoms with van der Waals surface area (Å²) in [5.41, 5.74) is 1.51. The van der Waals surface area contributed by atoms with Crippen molar-refractivity contribution in [3.8, 4) is 11.5 Å². The Bertz CT molecular complexity index is 1120. The maximum absolute atomic E-state index is 12.8. The zero-order chi connectivity index (χ0) is 23.1. The number of ether oxygens (including phenoxy) is 2. The van der Waals surface area contributed by atoms with Crippen LogP contribution in [0.4, 0.5) is 11.4 Å². The average molecular weight is 473 g/mol. The van der Waals surface area contributed by atoms with Crippen LogP contribution in [0.15, 0.2) is 60.7 Å². The zero-order valence-electron chi connectivity index (χ0n) is 17.6. The van der Waals surface area contributed by atoms with Gasteiger partial charge in [-0.05, 0) is 44.2 Å². The minimum absolute atomic E-state index is 0.223. The van der Waals surface area contributed by atoms with E-state index in [1.807, 2.05) is 19.9 Å². The number of anilines is 2. The van der Waals surface area contributed by atoms with Gasteiger partial charge in [0.25, 0.3) is 11.8 Å². The molecule has 0 saturated carbocycles. The van der Waals surface area contributed by atoms with E-state index in [9.17, 15) is 9.59 Å². The van der Waals surface area contributed by atoms with Crippen LogP contribution in [0.2, 0.25) is 10.0 Å². The Kier molecular flexibility index (Phi) is 7.98. The van der Waals surface area contributed by atoms with E-state index in [1.54, 1.807) is 48.5 Å². The third-order valence-electron chi connectivity index (χ3n) is 4.39. The SMILES string of the molecule is CCOc1cc(NC(=O)c2cc(Cl)ccc2Cl)c(OCC)cc1NC(=O)c1ccccc1. The molecule has 2 amide bonds. The first-order valence-corrected chi connectivity index (χ1v) is 10.7. The van der Waals surface area contributed by atoms with Gasteiger partial charge in [0.15, 0.2) is 0 Å². The summed E-state index contributed by atoms with van der Waals surface area (Å²) in [7, 11) is 0. The van der Waals surface area contributed by atoms with E-state index in [1.165, 1.54) is 6.07 Å². The van der Waals surface area contributed by atoms with Crippen molar-refractivity contribution in [2.75, 3.05) is 23.8 Å². The molecule has 2 N–H and O–H groups in total. The maximum Gasteiger partial charge on any atom is 0.257 e. The first-order chi connectivity index (χ1) is 15.4. The third kappa shape index (κ3) is 5.72. The number of nitrogens with one attached hydrogen (secondary N) is 2. The molecule has 8 heteroatoms. The van der Waals surface area contributed by atoms with Crippen molar-refractivity contribution in [2.45, 2.75) is 13.8 Å². The monoisotopic (exact) mass is 472 g/mol. The van der Waals surface area contributed by atoms with Crippen LogP contribution in [0.25, 0.3) is 0 Å². The van der Waals surface area contributed by atoms with Crippen LogP contribution >= 0.6 is 23.2 Å². The van der Waals surface area contributed by atoms with Gasteiger partial charge >= 0.3 is 0 Å². The van der Waals surface area contributed by atoms with Crippen molar-refractivity contribution < 1.29 is 19.1 Å². The van der Waals surface area contributed by atoms with E-state index in [-0.39, 0.29) is 16.5 Å². The van der Waals surface area contributed by atoms with E-state index in [0.29, 0.717) is 46.7 Å². The fourth-order valence-electron chi connectivity index (χ4n) is 2.95. The van der Waals surface area contributed by atoms with Crippen LogP contribution in [0.3, 0.4) is 0 Å². The van der Waals surface area contributed by atoms with Crippen molar-refractivity contribution in [1.82, 2.24) is 0 Å². The topological polar surface area (TPSA) is 76.7 Å². The summed E-state index contributed by atoms with van der Waals surface area (Å²) in [4.78, 5) is 25.5. The normalized spacial score (nSPS) is 10.4. The van der Waals surface area contributed by atoms with Gasteiger partial charge in [0, 0.05) is 22.7 Å². The van der Waals surface area contributed by atoms with E-state index >= 15 is 0 Å². The Morgan fingerprint density at radius 3 is 1.91 bits per heavy atom. The minimum Gasteiger partial charge on any atom is -0.492 e. The highest BCUT2D eigenvalue weighted by atomic mass is 35.5. The van der Waals surface area contributed by atoms with Gasteiger partial charge in [-0.15, -0.1) is 0 Å². The predicted molar refractivity (Wildman–Crippen MR) is 128 cm³/mol. The molecule has 0 radical (unpaired) electrons. The van der Waals surface area contributed by atoms with Gasteiger partial charge in [-0.3, -0.25) is 9.59 Å². The Morgan fingerprint density at radius 2 is 1.34 bits per heavy atom. The van der Waals surface area contributed by atoms with Gasteiger partial charge in [0.2, 0.25) is 0 Å². The summed E-state index contributed by atoms with van der Waals surface area (Å²) in [6.07, 6.45) is 0. The van der Waals surface area contributed by atoms with Crippen molar-refractivity contribution >= 4 is 46.4 Å². The van der Waals surface area contributed by atoms with Gasteiger partial charge in [-0.2, -0.15) is 0 Å². The molecule has 6 nitrogen and oxygen atoms in total. The minimum atomic E-state index is -0.457. The summed E-state index contributed by atoms with van der Waals surface area (Å²) in [5, 5.41) is 6.29. The molecule has 0 aromatic heterocycles. The third-order valence-corrected chi connectivity index (χ3v) is 4.95. The van der Waals surface area contributed by atoms with Crippen LogP contribution in [0, 0.1) is 0 Å². The van der Waals surface area contributed by atoms with Gasteiger partial charge in [-0.1, -0.05) is 41.4 Å². The number of amides is 2. The smallest absolute Gasteiger partial charge is 0.257 e. The summed E-state index contributed by atoms with van der Waals surface area (Å²) in [6, 6.07) is 16.7. The average Bonchev–Trinajstić information content (AvgIpc) is 2.78. The second kappa shape index (κ2) is 10.9. The first kappa shape index (κ1) is 23.4. The van der Waals surface area contributed by atoms with E-state index in [4.69, 9.17) is 32.7 Å². The van der Waals surface area contributed by atoms with Crippen molar-refractivity contribution in [3.05, 3.63) is 81.8 Å². The lowest BCUT2D eigenvalue weighted by atomic mass is 10.1. The molecule has 0 heterocycles. The van der Waals surface area contributed by atoms with Crippen LogP contribution < -0.4 is 20.1 Å². The van der Waals surface area contributed by atoms with Gasteiger partial charge in [0.1, 0.15) is 11.5 Å². The molecular formula is C24H22Cl2N2O4. The largest absolute Gasteiger partial charge is 0.492 e. The molecule has 3 aromatic carbocycles. The molecule has 3 aromatic rings. The molecule has 0 saturated heterocycles. The van der Waals surface area contributed by atoms with E-state index < -0.39 is 5.91 Å². The fraction of sp³-hybridized carbons (Fsp3) is 0.167. The van der Waals surface area contributed by atoms with Gasteiger partial charge < -0.3 is 20.1 Å². The first-order valence-electron chi connectivity index (χ1n) is 9.99. The molecule has 32 heavy (non-hydrogen) atoms. The van der Waals surface area contributed by atoms with Crippen molar-refractivity contribution in [3.63, 3.8) is 0 Å². The van der Waals surface area contributed by atoms with Crippen LogP contribution in [0.5, 0.6) is 11.5 Å². The molecule has 0 aliphatic rings. The standard InChI is InChI=1S/C24H22Cl2N2O4/c1-3-31-21-14-20(28-24(30)17-12-16(25)10-11-18(17)26)22(32-4-2)13-19(21)27-23(29)15-8-6-5-7-9-15/h5-14H,3-4H2,1-2H3,(H,27,29)(H,28,30). The quantitative estimate of drug-likeness (QED) is 0.403. The molecular weight excluding hydrogens is 451 g/mol. The molecule has 0 fully saturated rings. The van der Waals surface area contributed by atoms with Crippen LogP contribution in [0.1, 0.15) is 34.6 Å². The molecule has 0 bridgehead atoms. The van der Waals surface area contributed by atoms with Crippen LogP contribution in [-0.4, -0.2) is 25.0 Å². The number of rotatable bonds is 8. The number of benzene rings is 3. The Balaban J connectivity index is 1.95. The van der Waals surface area contributed by atoms with Crippen molar-refractivity contribution in [1.29, 1.82) is 0 Å². The number of hydrogen-bond donors (Lipinski definition) is 2. The van der Waals surface area contributed by atoms with Gasteiger partial charge in [-0.25, -0.2) is 0 Å². The van der Waals surface area contributed by atoms with Gasteiger partial charge in [0.05, 0.1) is 35.2 Å². The Labute approximate surface area is 196 Å². The summed E-state index contributed by atoms with van der Waals surface area (Å²) < 4.78 is 11.4. The van der Waals surface area contributed by atoms with E-state index in [2.05, 4.69) is 10.6 Å². The number of halogens is 2. The fourth-order valence-corrected chi connectivity index (χ4v) is 3.33. The summed E-state index contributed by atoms with van der Waals surface area (Å²) in [5.74, 6) is -0.00277. The number of carbonyl (C=O) groups excluding carboxylic acids is 2. The molecule has 3 rings (SSSR count). The zero-order valence-corrected chi connectivity index (χ0v) is 19.1. The molecule has 0 spiro atoms. The molecule has 0 aliphatic heterocycles. The predicted octanol–water partition coefficient (Wildman–Crippen LogP) is 6.30. The Hall–Kier alpha value is -3.22. The summed E-state index contributed by atoms with van der Waals surface area (Å²) in [6.45, 7) is 4.35. The molecule has 0 unspecified atom stereocenters. The molecule has 0 atom stereocenters. The Morgan fingerprint density at radius 1 is 0.781 bits per heavy atom. The number of carbonyl (C=O) groups is 2. The lowest BCUT2D eigenvalue weighted by Crippen LogP contribution is -2.16. The highest BCUT2D eigenvalue weighted by Gasteiger charge is 2.19. The van der Waals surface area contributed by atoms with Crippen LogP contribution in [-0.2, 0) is 0 Å². The molecule has 166 valence electrons. The lowest BCUT2D eigenvalue weighted by molar-refractivity contribution is 0.101. The lowest BCUT2D eigenvalue weighted by Gasteiger charge is -2.18. The maximum atomic E-state index is 12.8. The van der Waals surface area contributed by atoms with Crippen molar-refractivity contribution in [2.24, 2.45) is 0 Å². The second-order valence-electron chi connectivity index (χ2n) is 6.61. The second-order valence-corrected chi connectivity index (χ2v) is 7.45. The molecule has 0 aliphatic carbocycles. The van der Waals surface area contributed by atoms with E-state index in [0.717, 1.165) is 0 Å². The summed E-state index contributed by atoms with van der Waals surface area (Å²) >= 11 is 12.2.